The van der Waals surface area contributed by atoms with Crippen molar-refractivity contribution >= 4 is 22.6 Å². The molecule has 0 spiro atoms. The Balaban J connectivity index is 1.18. The number of aromatic nitrogens is 4. The first-order chi connectivity index (χ1) is 19.1. The van der Waals surface area contributed by atoms with Crippen molar-refractivity contribution < 1.29 is 31.1 Å². The summed E-state index contributed by atoms with van der Waals surface area (Å²) in [7, 11) is 1.66. The molecule has 5 rings (SSSR count). The zero-order valence-electron chi connectivity index (χ0n) is 22.5. The molecule has 0 aromatic carbocycles. The van der Waals surface area contributed by atoms with Crippen LogP contribution in [0.3, 0.4) is 0 Å². The van der Waals surface area contributed by atoms with Crippen molar-refractivity contribution in [3.8, 4) is 0 Å². The van der Waals surface area contributed by atoms with E-state index in [1.54, 1.807) is 36.6 Å². The summed E-state index contributed by atoms with van der Waals surface area (Å²) in [6.45, 7) is 4.89. The first-order valence-electron chi connectivity index (χ1n) is 13.1. The largest absolute Gasteiger partial charge is 0.421 e. The van der Waals surface area contributed by atoms with Gasteiger partial charge in [0, 0.05) is 63.0 Å². The molecule has 0 atom stereocenters. The summed E-state index contributed by atoms with van der Waals surface area (Å²) in [5.41, 5.74) is -4.01. The maximum Gasteiger partial charge on any atom is 0.421 e. The van der Waals surface area contributed by atoms with Crippen LogP contribution in [0.2, 0.25) is 0 Å². The number of aryl methyl sites for hydroxylation is 1. The normalized spacial score (nSPS) is 20.4. The van der Waals surface area contributed by atoms with E-state index < -0.39 is 34.6 Å². The molecule has 2 fully saturated rings. The number of amides is 1. The van der Waals surface area contributed by atoms with E-state index in [0.717, 1.165) is 12.3 Å². The number of hydrogen-bond donors (Lipinski definition) is 2. The third-order valence-corrected chi connectivity index (χ3v) is 7.89. The van der Waals surface area contributed by atoms with E-state index in [9.17, 15) is 35.9 Å². The molecule has 0 bridgehead atoms. The molecular weight excluding hydrogens is 556 g/mol. The molecule has 15 heteroatoms. The Kier molecular flexibility index (Phi) is 7.07. The molecule has 2 N–H and O–H groups in total. The Morgan fingerprint density at radius 2 is 1.66 bits per heavy atom. The van der Waals surface area contributed by atoms with Gasteiger partial charge in [0.25, 0.3) is 5.56 Å². The molecule has 3 aromatic rings. The topological polar surface area (TPSA) is 99.1 Å². The fraction of sp³-hybridized carbons (Fsp3) is 0.538. The molecule has 1 aliphatic carbocycles. The molecule has 1 saturated carbocycles. The van der Waals surface area contributed by atoms with Gasteiger partial charge in [-0.1, -0.05) is 0 Å². The predicted molar refractivity (Wildman–Crippen MR) is 137 cm³/mol. The maximum atomic E-state index is 13.5. The third-order valence-electron chi connectivity index (χ3n) is 7.89. The fourth-order valence-electron chi connectivity index (χ4n) is 5.59. The second-order valence-corrected chi connectivity index (χ2v) is 11.1. The number of alkyl halides is 6. The zero-order chi connectivity index (χ0) is 29.9. The highest BCUT2D eigenvalue weighted by Crippen LogP contribution is 2.38. The van der Waals surface area contributed by atoms with Crippen LogP contribution in [0.5, 0.6) is 0 Å². The van der Waals surface area contributed by atoms with Gasteiger partial charge in [-0.25, -0.2) is 10.1 Å². The first-order valence-corrected chi connectivity index (χ1v) is 13.1. The van der Waals surface area contributed by atoms with Gasteiger partial charge >= 0.3 is 12.4 Å². The Labute approximate surface area is 230 Å². The molecule has 1 aliphatic heterocycles. The summed E-state index contributed by atoms with van der Waals surface area (Å²) >= 11 is 0. The summed E-state index contributed by atoms with van der Waals surface area (Å²) in [5, 5.41) is 9.01. The number of anilines is 1. The number of carbonyl (C=O) groups is 1. The van der Waals surface area contributed by atoms with Gasteiger partial charge in [0.1, 0.15) is 5.56 Å². The highest BCUT2D eigenvalue weighted by Gasteiger charge is 2.42. The van der Waals surface area contributed by atoms with Crippen molar-refractivity contribution in [3.63, 3.8) is 0 Å². The SMILES string of the molecule is Cn1ccc2c(C(F)(F)F)cnc(N3CCN(C(=O)C4CC(NC(C)(C)c5cc(C(F)(F)F)c(=O)[nH]n5)C4)CC3)c21. The van der Waals surface area contributed by atoms with Crippen molar-refractivity contribution in [1.82, 2.24) is 30.0 Å². The molecule has 4 heterocycles. The summed E-state index contributed by atoms with van der Waals surface area (Å²) in [6, 6.07) is 2.03. The van der Waals surface area contributed by atoms with Gasteiger partial charge in [-0.3, -0.25) is 9.59 Å². The lowest BCUT2D eigenvalue weighted by Crippen LogP contribution is -2.56. The molecule has 3 aromatic heterocycles. The van der Waals surface area contributed by atoms with E-state index in [0.29, 0.717) is 50.4 Å². The van der Waals surface area contributed by atoms with Crippen LogP contribution in [-0.2, 0) is 29.7 Å². The standard InChI is InChI=1S/C26H29F6N7O2/c1-24(2,19-12-17(25(27,28)29)22(40)36-35-19)34-15-10-14(11-15)23(41)39-8-6-38(7-9-39)21-20-16(4-5-37(20)3)18(13-33-21)26(30,31)32/h4-5,12-15,34H,6-11H2,1-3H3,(H,36,40). The summed E-state index contributed by atoms with van der Waals surface area (Å²) < 4.78 is 81.5. The van der Waals surface area contributed by atoms with Crippen molar-refractivity contribution in [3.05, 3.63) is 51.7 Å². The van der Waals surface area contributed by atoms with Crippen LogP contribution in [0.15, 0.2) is 29.3 Å². The second-order valence-electron chi connectivity index (χ2n) is 11.1. The fourth-order valence-corrected chi connectivity index (χ4v) is 5.59. The van der Waals surface area contributed by atoms with E-state index in [4.69, 9.17) is 0 Å². The second kappa shape index (κ2) is 10.0. The number of nitrogens with one attached hydrogen (secondary N) is 2. The van der Waals surface area contributed by atoms with Gasteiger partial charge in [-0.05, 0) is 38.8 Å². The van der Waals surface area contributed by atoms with Crippen molar-refractivity contribution in [2.24, 2.45) is 13.0 Å². The number of pyridine rings is 1. The number of aromatic amines is 1. The molecule has 41 heavy (non-hydrogen) atoms. The molecule has 1 amide bonds. The molecule has 222 valence electrons. The van der Waals surface area contributed by atoms with Crippen molar-refractivity contribution in [2.75, 3.05) is 31.1 Å². The molecule has 1 saturated heterocycles. The first kappa shape index (κ1) is 28.9. The number of hydrogen-bond acceptors (Lipinski definition) is 6. The van der Waals surface area contributed by atoms with Gasteiger partial charge in [-0.2, -0.15) is 31.4 Å². The highest BCUT2D eigenvalue weighted by molar-refractivity contribution is 5.93. The van der Waals surface area contributed by atoms with Crippen LogP contribution in [0, 0.1) is 5.92 Å². The van der Waals surface area contributed by atoms with Crippen LogP contribution >= 0.6 is 0 Å². The van der Waals surface area contributed by atoms with Gasteiger partial charge in [0.05, 0.1) is 22.3 Å². The molecule has 0 radical (unpaired) electrons. The third kappa shape index (κ3) is 5.51. The Bertz CT molecular complexity index is 1510. The lowest BCUT2D eigenvalue weighted by atomic mass is 9.77. The number of piperazine rings is 1. The van der Waals surface area contributed by atoms with Gasteiger partial charge in [-0.15, -0.1) is 0 Å². The number of fused-ring (bicyclic) bond motifs is 1. The van der Waals surface area contributed by atoms with Crippen LogP contribution in [0.25, 0.3) is 10.9 Å². The van der Waals surface area contributed by atoms with E-state index in [1.807, 2.05) is 10.00 Å². The molecule has 0 unspecified atom stereocenters. The predicted octanol–water partition coefficient (Wildman–Crippen LogP) is 3.65. The Morgan fingerprint density at radius 3 is 2.27 bits per heavy atom. The molecule has 9 nitrogen and oxygen atoms in total. The average Bonchev–Trinajstić information content (AvgIpc) is 3.25. The van der Waals surface area contributed by atoms with E-state index in [1.165, 1.54) is 6.07 Å². The number of halogens is 6. The van der Waals surface area contributed by atoms with Crippen molar-refractivity contribution in [1.29, 1.82) is 0 Å². The highest BCUT2D eigenvalue weighted by atomic mass is 19.4. The van der Waals surface area contributed by atoms with Gasteiger partial charge in [0.2, 0.25) is 5.91 Å². The van der Waals surface area contributed by atoms with E-state index in [2.05, 4.69) is 15.4 Å². The minimum absolute atomic E-state index is 0.0273. The number of nitrogens with zero attached hydrogens (tertiary/aromatic N) is 5. The van der Waals surface area contributed by atoms with Crippen molar-refractivity contribution in [2.45, 2.75) is 50.6 Å². The summed E-state index contributed by atoms with van der Waals surface area (Å²) in [5.74, 6) is 0.145. The average molecular weight is 586 g/mol. The molecule has 2 aliphatic rings. The smallest absolute Gasteiger partial charge is 0.351 e. The number of H-pyrrole nitrogens is 1. The van der Waals surface area contributed by atoms with E-state index in [-0.39, 0.29) is 28.9 Å². The lowest BCUT2D eigenvalue weighted by Gasteiger charge is -2.43. The molecular formula is C26H29F6N7O2. The Morgan fingerprint density at radius 1 is 1.02 bits per heavy atom. The number of carbonyl (C=O) groups excluding carboxylic acids is 1. The quantitative estimate of drug-likeness (QED) is 0.444. The van der Waals surface area contributed by atoms with Crippen LogP contribution < -0.4 is 15.8 Å². The van der Waals surface area contributed by atoms with E-state index >= 15 is 0 Å². The minimum Gasteiger partial charge on any atom is -0.351 e. The van der Waals surface area contributed by atoms with Crippen LogP contribution in [-0.4, -0.2) is 62.8 Å². The maximum absolute atomic E-state index is 13.5. The minimum atomic E-state index is -4.81. The number of rotatable bonds is 5. The Hall–Kier alpha value is -3.62. The van der Waals surface area contributed by atoms with Gasteiger partial charge < -0.3 is 19.7 Å². The zero-order valence-corrected chi connectivity index (χ0v) is 22.5. The van der Waals surface area contributed by atoms with Crippen LogP contribution in [0.4, 0.5) is 32.2 Å². The lowest BCUT2D eigenvalue weighted by molar-refractivity contribution is -0.140. The monoisotopic (exact) mass is 585 g/mol. The summed E-state index contributed by atoms with van der Waals surface area (Å²) in [6.07, 6.45) is -5.94. The van der Waals surface area contributed by atoms with Crippen LogP contribution in [0.1, 0.15) is 43.5 Å². The van der Waals surface area contributed by atoms with Gasteiger partial charge in [0.15, 0.2) is 5.82 Å². The summed E-state index contributed by atoms with van der Waals surface area (Å²) in [4.78, 5) is 32.5.